The highest BCUT2D eigenvalue weighted by Gasteiger charge is 2.45. The van der Waals surface area contributed by atoms with Gasteiger partial charge in [0.05, 0.1) is 6.61 Å². The van der Waals surface area contributed by atoms with E-state index in [1.165, 1.54) is 10.4 Å². The van der Waals surface area contributed by atoms with Crippen LogP contribution in [0.1, 0.15) is 47.3 Å². The van der Waals surface area contributed by atoms with E-state index < -0.39 is 5.82 Å². The molecule has 2 unspecified atom stereocenters. The summed E-state index contributed by atoms with van der Waals surface area (Å²) < 4.78 is 23.7. The van der Waals surface area contributed by atoms with E-state index in [2.05, 4.69) is 32.5 Å². The van der Waals surface area contributed by atoms with Crippen molar-refractivity contribution in [1.29, 1.82) is 0 Å². The Morgan fingerprint density at radius 1 is 1.15 bits per heavy atom. The zero-order valence-electron chi connectivity index (χ0n) is 27.1. The number of rotatable bonds is 7. The van der Waals surface area contributed by atoms with Crippen LogP contribution in [0, 0.1) is 30.5 Å². The number of aryl methyl sites for hydroxylation is 1. The van der Waals surface area contributed by atoms with Crippen LogP contribution in [0.3, 0.4) is 0 Å². The Labute approximate surface area is 283 Å². The lowest BCUT2D eigenvalue weighted by Crippen LogP contribution is -2.51. The molecule has 9 rings (SSSR count). The number of thiophene rings is 1. The smallest absolute Gasteiger partial charge is 0.319 e. The van der Waals surface area contributed by atoms with Crippen molar-refractivity contribution < 1.29 is 14.2 Å². The summed E-state index contributed by atoms with van der Waals surface area (Å²) in [5.41, 5.74) is 4.02. The molecular formula is C39H38FN5O2S. The van der Waals surface area contributed by atoms with Crippen molar-refractivity contribution in [3.05, 3.63) is 75.2 Å². The second-order valence-corrected chi connectivity index (χ2v) is 15.3. The Morgan fingerprint density at radius 2 is 1.98 bits per heavy atom. The van der Waals surface area contributed by atoms with Gasteiger partial charge in [-0.1, -0.05) is 18.1 Å². The number of piperazine rings is 1. The molecule has 244 valence electrons. The number of aromatic nitrogens is 2. The van der Waals surface area contributed by atoms with Gasteiger partial charge in [-0.25, -0.2) is 4.39 Å². The summed E-state index contributed by atoms with van der Waals surface area (Å²) >= 11 is 1.86. The molecule has 3 aromatic carbocycles. The quantitative estimate of drug-likeness (QED) is 0.186. The van der Waals surface area contributed by atoms with Gasteiger partial charge in [-0.3, -0.25) is 4.90 Å². The van der Waals surface area contributed by atoms with Crippen LogP contribution in [0.15, 0.2) is 47.8 Å². The fourth-order valence-electron chi connectivity index (χ4n) is 8.31. The van der Waals surface area contributed by atoms with Gasteiger partial charge in [0.2, 0.25) is 0 Å². The first-order chi connectivity index (χ1) is 23.4. The fourth-order valence-corrected chi connectivity index (χ4v) is 9.20. The number of fused-ring (bicyclic) bond motifs is 5. The minimum atomic E-state index is -0.462. The maximum atomic E-state index is 17.2. The summed E-state index contributed by atoms with van der Waals surface area (Å²) in [5, 5.41) is 18.8. The minimum Gasteiger partial charge on any atom is -0.508 e. The highest BCUT2D eigenvalue weighted by molar-refractivity contribution is 7.10. The molecule has 2 N–H and O–H groups in total. The molecule has 5 aromatic rings. The molecule has 3 aliphatic heterocycles. The van der Waals surface area contributed by atoms with Crippen LogP contribution < -0.4 is 15.0 Å². The van der Waals surface area contributed by atoms with Crippen LogP contribution in [-0.4, -0.2) is 64.8 Å². The van der Waals surface area contributed by atoms with E-state index >= 15 is 4.39 Å². The minimum absolute atomic E-state index is 0.0490. The maximum Gasteiger partial charge on any atom is 0.319 e. The van der Waals surface area contributed by atoms with Crippen molar-refractivity contribution >= 4 is 38.8 Å². The predicted octanol–water partition coefficient (Wildman–Crippen LogP) is 6.80. The lowest BCUT2D eigenvalue weighted by molar-refractivity contribution is 0.146. The second-order valence-electron chi connectivity index (χ2n) is 14.3. The Bertz CT molecular complexity index is 2120. The normalized spacial score (nSPS) is 21.4. The van der Waals surface area contributed by atoms with Crippen molar-refractivity contribution in [1.82, 2.24) is 20.2 Å². The summed E-state index contributed by atoms with van der Waals surface area (Å²) in [5.74, 6) is 3.06. The molecule has 0 radical (unpaired) electrons. The first-order valence-corrected chi connectivity index (χ1v) is 17.9. The molecule has 2 atom stereocenters. The molecule has 2 bridgehead atoms. The number of hydrogen-bond acceptors (Lipinski definition) is 8. The SMILES string of the molecule is C#Cc1cccc2cc(O)cc(-c3c(C)cc4c(N5CC6CCC(C5)N6)nc(OCC5(CN6CCc7sccc7C6)CC5)nc4c3F)c12. The number of nitrogens with zero attached hydrogens (tertiary/aromatic N) is 4. The first-order valence-electron chi connectivity index (χ1n) is 17.0. The Balaban J connectivity index is 1.12. The maximum absolute atomic E-state index is 17.2. The molecule has 0 amide bonds. The molecular weight excluding hydrogens is 622 g/mol. The van der Waals surface area contributed by atoms with Gasteiger partial charge in [-0.15, -0.1) is 17.8 Å². The second kappa shape index (κ2) is 11.4. The van der Waals surface area contributed by atoms with Crippen LogP contribution in [0.4, 0.5) is 10.2 Å². The van der Waals surface area contributed by atoms with Crippen LogP contribution in [0.5, 0.6) is 11.8 Å². The van der Waals surface area contributed by atoms with E-state index in [-0.39, 0.29) is 22.7 Å². The summed E-state index contributed by atoms with van der Waals surface area (Å²) in [6, 6.07) is 14.1. The topological polar surface area (TPSA) is 73.8 Å². The molecule has 1 aliphatic carbocycles. The number of aromatic hydroxyl groups is 1. The molecule has 3 fully saturated rings. The zero-order valence-corrected chi connectivity index (χ0v) is 27.9. The van der Waals surface area contributed by atoms with E-state index in [1.807, 2.05) is 42.5 Å². The number of anilines is 1. The Hall–Kier alpha value is -4.23. The number of nitrogens with one attached hydrogen (secondary N) is 1. The highest BCUT2D eigenvalue weighted by atomic mass is 32.1. The van der Waals surface area contributed by atoms with Gasteiger partial charge in [-0.2, -0.15) is 9.97 Å². The monoisotopic (exact) mass is 659 g/mol. The highest BCUT2D eigenvalue weighted by Crippen LogP contribution is 2.48. The van der Waals surface area contributed by atoms with Crippen LogP contribution in [-0.2, 0) is 13.0 Å². The van der Waals surface area contributed by atoms with Crippen molar-refractivity contribution in [3.8, 4) is 35.2 Å². The lowest BCUT2D eigenvalue weighted by Gasteiger charge is -2.34. The summed E-state index contributed by atoms with van der Waals surface area (Å²) in [4.78, 5) is 16.2. The molecule has 9 heteroatoms. The number of halogens is 1. The average Bonchev–Trinajstić information content (AvgIpc) is 3.53. The first kappa shape index (κ1) is 29.9. The van der Waals surface area contributed by atoms with Crippen LogP contribution in [0.25, 0.3) is 32.8 Å². The van der Waals surface area contributed by atoms with E-state index in [0.717, 1.165) is 87.0 Å². The number of ether oxygens (including phenoxy) is 1. The van der Waals surface area contributed by atoms with Gasteiger partial charge in [0.1, 0.15) is 17.1 Å². The summed E-state index contributed by atoms with van der Waals surface area (Å²) in [6.07, 6.45) is 11.5. The summed E-state index contributed by atoms with van der Waals surface area (Å²) in [7, 11) is 0. The third-order valence-corrected chi connectivity index (χ3v) is 11.9. The van der Waals surface area contributed by atoms with Crippen molar-refractivity contribution in [2.24, 2.45) is 5.41 Å². The van der Waals surface area contributed by atoms with Gasteiger partial charge < -0.3 is 20.1 Å². The molecule has 1 saturated carbocycles. The predicted molar refractivity (Wildman–Crippen MR) is 189 cm³/mol. The fraction of sp³-hybridized carbons (Fsp3) is 0.385. The van der Waals surface area contributed by atoms with Gasteiger partial charge >= 0.3 is 6.01 Å². The van der Waals surface area contributed by atoms with Crippen molar-refractivity contribution in [3.63, 3.8) is 0 Å². The lowest BCUT2D eigenvalue weighted by atomic mass is 9.90. The Kier molecular flexibility index (Phi) is 7.12. The van der Waals surface area contributed by atoms with Crippen LogP contribution >= 0.6 is 11.3 Å². The number of phenols is 1. The molecule has 5 heterocycles. The molecule has 2 aromatic heterocycles. The molecule has 48 heavy (non-hydrogen) atoms. The van der Waals surface area contributed by atoms with Gasteiger partial charge in [0.15, 0.2) is 5.82 Å². The molecule has 2 saturated heterocycles. The summed E-state index contributed by atoms with van der Waals surface area (Å²) in [6.45, 7) is 7.03. The van der Waals surface area contributed by atoms with Crippen molar-refractivity contribution in [2.75, 3.05) is 37.7 Å². The Morgan fingerprint density at radius 3 is 2.77 bits per heavy atom. The molecule has 0 spiro atoms. The molecule has 4 aliphatic rings. The van der Waals surface area contributed by atoms with E-state index in [1.54, 1.807) is 12.1 Å². The van der Waals surface area contributed by atoms with Crippen molar-refractivity contribution in [2.45, 2.75) is 57.7 Å². The standard InChI is InChI=1S/C39H38FN5O2S/c1-3-24-5-4-6-25-16-29(46)17-30(34(24)25)33-23(2)15-31-36(35(33)40)42-38(43-37(31)45-19-27-7-8-28(20-45)41-27)47-22-39(11-12-39)21-44-13-9-32-26(18-44)10-14-48-32/h1,4-6,10,14-17,27-28,41,46H,7-9,11-13,18-22H2,2H3. The third kappa shape index (κ3) is 5.18. The van der Waals surface area contributed by atoms with Gasteiger partial charge in [0.25, 0.3) is 0 Å². The average molecular weight is 660 g/mol. The number of benzene rings is 3. The molecule has 7 nitrogen and oxygen atoms in total. The largest absolute Gasteiger partial charge is 0.508 e. The van der Waals surface area contributed by atoms with E-state index in [4.69, 9.17) is 21.1 Å². The number of hydrogen-bond donors (Lipinski definition) is 2. The zero-order chi connectivity index (χ0) is 32.6. The van der Waals surface area contributed by atoms with E-state index in [0.29, 0.717) is 40.8 Å². The van der Waals surface area contributed by atoms with Gasteiger partial charge in [-0.05, 0) is 96.8 Å². The third-order valence-electron chi connectivity index (χ3n) is 10.9. The number of phenolic OH excluding ortho intramolecular Hbond substituents is 1. The van der Waals surface area contributed by atoms with E-state index in [9.17, 15) is 5.11 Å². The number of terminal acetylenes is 1. The van der Waals surface area contributed by atoms with Crippen LogP contribution in [0.2, 0.25) is 0 Å². The van der Waals surface area contributed by atoms with Gasteiger partial charge in [0, 0.05) is 77.0 Å².